The molecule has 0 radical (unpaired) electrons. The Bertz CT molecular complexity index is 690. The Morgan fingerprint density at radius 1 is 1.29 bits per heavy atom. The lowest BCUT2D eigenvalue weighted by molar-refractivity contribution is 0.439. The number of rotatable bonds is 2. The Kier molecular flexibility index (Phi) is 3.11. The van der Waals surface area contributed by atoms with E-state index in [1.165, 1.54) is 12.1 Å². The highest BCUT2D eigenvalue weighted by Gasteiger charge is 2.12. The van der Waals surface area contributed by atoms with Crippen molar-refractivity contribution in [3.8, 4) is 5.75 Å². The van der Waals surface area contributed by atoms with E-state index in [2.05, 4.69) is 9.17 Å². The number of halogens is 3. The second-order valence-corrected chi connectivity index (χ2v) is 4.82. The Morgan fingerprint density at radius 2 is 2.00 bits per heavy atom. The Morgan fingerprint density at radius 3 is 2.65 bits per heavy atom. The molecule has 0 atom stereocenters. The summed E-state index contributed by atoms with van der Waals surface area (Å²) in [7, 11) is -5.06. The molecular formula is C9H4Cl2FNO3S. The van der Waals surface area contributed by atoms with E-state index < -0.39 is 10.5 Å². The summed E-state index contributed by atoms with van der Waals surface area (Å²) in [5.41, 5.74) is 0.378. The number of benzene rings is 1. The maximum Gasteiger partial charge on any atom is 0.488 e. The first-order chi connectivity index (χ1) is 7.87. The normalized spacial score (nSPS) is 11.7. The van der Waals surface area contributed by atoms with Crippen molar-refractivity contribution in [2.45, 2.75) is 0 Å². The molecule has 0 saturated carbocycles. The molecule has 90 valence electrons. The summed E-state index contributed by atoms with van der Waals surface area (Å²) < 4.78 is 36.9. The molecule has 8 heteroatoms. The molecule has 2 rings (SSSR count). The summed E-state index contributed by atoms with van der Waals surface area (Å²) in [6.45, 7) is 0. The van der Waals surface area contributed by atoms with Crippen LogP contribution < -0.4 is 4.18 Å². The van der Waals surface area contributed by atoms with Crippen molar-refractivity contribution >= 4 is 44.6 Å². The van der Waals surface area contributed by atoms with Gasteiger partial charge in [0, 0.05) is 5.39 Å². The lowest BCUT2D eigenvalue weighted by atomic mass is 10.2. The molecule has 0 fully saturated rings. The van der Waals surface area contributed by atoms with Gasteiger partial charge in [-0.15, -0.1) is 0 Å². The van der Waals surface area contributed by atoms with Crippen LogP contribution in [0.1, 0.15) is 0 Å². The van der Waals surface area contributed by atoms with Gasteiger partial charge in [-0.3, -0.25) is 4.98 Å². The van der Waals surface area contributed by atoms with Crippen LogP contribution in [0.4, 0.5) is 3.89 Å². The van der Waals surface area contributed by atoms with Crippen LogP contribution in [0.3, 0.4) is 0 Å². The van der Waals surface area contributed by atoms with Gasteiger partial charge in [-0.1, -0.05) is 33.2 Å². The Hall–Kier alpha value is -1.11. The van der Waals surface area contributed by atoms with Gasteiger partial charge in [-0.2, -0.15) is 8.42 Å². The van der Waals surface area contributed by atoms with Gasteiger partial charge in [-0.25, -0.2) is 0 Å². The smallest absolute Gasteiger partial charge is 0.357 e. The standard InChI is InChI=1S/C9H4Cl2FNO3S/c10-7-2-1-5-3-6(16-17(12,14)15)4-13-9(5)8(7)11/h1-4H. The molecule has 0 saturated heterocycles. The van der Waals surface area contributed by atoms with E-state index >= 15 is 0 Å². The topological polar surface area (TPSA) is 56.3 Å². The quantitative estimate of drug-likeness (QED) is 0.799. The van der Waals surface area contributed by atoms with Crippen molar-refractivity contribution in [3.05, 3.63) is 34.4 Å². The first-order valence-electron chi connectivity index (χ1n) is 4.24. The van der Waals surface area contributed by atoms with Crippen LogP contribution in [-0.4, -0.2) is 13.4 Å². The summed E-state index contributed by atoms with van der Waals surface area (Å²) in [5.74, 6) is -0.238. The molecule has 1 aromatic heterocycles. The number of aromatic nitrogens is 1. The molecule has 0 unspecified atom stereocenters. The lowest BCUT2D eigenvalue weighted by Gasteiger charge is -2.04. The van der Waals surface area contributed by atoms with Gasteiger partial charge in [0.05, 0.1) is 21.8 Å². The van der Waals surface area contributed by atoms with Crippen LogP contribution in [0, 0.1) is 0 Å². The summed E-state index contributed by atoms with van der Waals surface area (Å²) >= 11 is 11.7. The second kappa shape index (κ2) is 4.29. The molecule has 4 nitrogen and oxygen atoms in total. The van der Waals surface area contributed by atoms with Gasteiger partial charge >= 0.3 is 10.5 Å². The van der Waals surface area contributed by atoms with Gasteiger partial charge in [-0.05, 0) is 12.1 Å². The molecule has 0 aliphatic rings. The fraction of sp³-hybridized carbons (Fsp3) is 0. The molecule has 1 heterocycles. The highest BCUT2D eigenvalue weighted by Crippen LogP contribution is 2.31. The van der Waals surface area contributed by atoms with Crippen molar-refractivity contribution in [1.29, 1.82) is 0 Å². The minimum absolute atomic E-state index is 0.235. The van der Waals surface area contributed by atoms with Crippen LogP contribution >= 0.6 is 23.2 Å². The summed E-state index contributed by atoms with van der Waals surface area (Å²) in [4.78, 5) is 3.85. The maximum atomic E-state index is 12.3. The predicted octanol–water partition coefficient (Wildman–Crippen LogP) is 3.13. The molecular weight excluding hydrogens is 292 g/mol. The minimum atomic E-state index is -5.06. The van der Waals surface area contributed by atoms with E-state index in [0.29, 0.717) is 15.9 Å². The fourth-order valence-electron chi connectivity index (χ4n) is 1.28. The molecule has 0 spiro atoms. The van der Waals surface area contributed by atoms with Gasteiger partial charge in [0.2, 0.25) is 0 Å². The van der Waals surface area contributed by atoms with Gasteiger partial charge in [0.15, 0.2) is 5.75 Å². The summed E-state index contributed by atoms with van der Waals surface area (Å²) in [6.07, 6.45) is 1.04. The van der Waals surface area contributed by atoms with Crippen LogP contribution in [0.2, 0.25) is 10.0 Å². The van der Waals surface area contributed by atoms with E-state index in [1.54, 1.807) is 6.07 Å². The van der Waals surface area contributed by atoms with Crippen molar-refractivity contribution < 1.29 is 16.5 Å². The van der Waals surface area contributed by atoms with Crippen molar-refractivity contribution in [2.24, 2.45) is 0 Å². The molecule has 0 amide bonds. The third-order valence-electron chi connectivity index (χ3n) is 1.91. The maximum absolute atomic E-state index is 12.3. The van der Waals surface area contributed by atoms with E-state index in [-0.39, 0.29) is 10.8 Å². The van der Waals surface area contributed by atoms with E-state index in [1.807, 2.05) is 0 Å². The van der Waals surface area contributed by atoms with Crippen molar-refractivity contribution in [2.75, 3.05) is 0 Å². The molecule has 17 heavy (non-hydrogen) atoms. The highest BCUT2D eigenvalue weighted by molar-refractivity contribution is 7.81. The highest BCUT2D eigenvalue weighted by atomic mass is 35.5. The molecule has 0 N–H and O–H groups in total. The molecule has 0 aliphatic heterocycles. The number of hydrogen-bond donors (Lipinski definition) is 0. The minimum Gasteiger partial charge on any atom is -0.357 e. The third kappa shape index (κ3) is 2.77. The first-order valence-corrected chi connectivity index (χ1v) is 6.31. The molecule has 0 bridgehead atoms. The zero-order chi connectivity index (χ0) is 12.6. The summed E-state index contributed by atoms with van der Waals surface area (Å²) in [6, 6.07) is 4.37. The number of fused-ring (bicyclic) bond motifs is 1. The number of hydrogen-bond acceptors (Lipinski definition) is 4. The third-order valence-corrected chi connectivity index (χ3v) is 3.10. The van der Waals surface area contributed by atoms with Crippen LogP contribution in [0.15, 0.2) is 24.4 Å². The first kappa shape index (κ1) is 12.3. The van der Waals surface area contributed by atoms with Gasteiger partial charge in [0.1, 0.15) is 0 Å². The van der Waals surface area contributed by atoms with Crippen molar-refractivity contribution in [1.82, 2.24) is 4.98 Å². The molecule has 0 aliphatic carbocycles. The number of pyridine rings is 1. The second-order valence-electron chi connectivity index (χ2n) is 3.08. The Balaban J connectivity index is 2.56. The Labute approximate surface area is 106 Å². The van der Waals surface area contributed by atoms with Crippen LogP contribution in [0.25, 0.3) is 10.9 Å². The molecule has 1 aromatic carbocycles. The zero-order valence-electron chi connectivity index (χ0n) is 8.02. The van der Waals surface area contributed by atoms with Gasteiger partial charge in [0.25, 0.3) is 0 Å². The monoisotopic (exact) mass is 295 g/mol. The van der Waals surface area contributed by atoms with Gasteiger partial charge < -0.3 is 4.18 Å². The zero-order valence-corrected chi connectivity index (χ0v) is 10.4. The van der Waals surface area contributed by atoms with E-state index in [9.17, 15) is 12.3 Å². The van der Waals surface area contributed by atoms with Crippen molar-refractivity contribution in [3.63, 3.8) is 0 Å². The van der Waals surface area contributed by atoms with E-state index in [0.717, 1.165) is 6.20 Å². The van der Waals surface area contributed by atoms with E-state index in [4.69, 9.17) is 23.2 Å². The SMILES string of the molecule is O=S(=O)(F)Oc1cnc2c(Cl)c(Cl)ccc2c1. The largest absolute Gasteiger partial charge is 0.488 e. The average Bonchev–Trinajstić information content (AvgIpc) is 2.21. The van der Waals surface area contributed by atoms with Crippen LogP contribution in [-0.2, 0) is 10.5 Å². The average molecular weight is 296 g/mol. The summed E-state index contributed by atoms with van der Waals surface area (Å²) in [5, 5.41) is 1.04. The van der Waals surface area contributed by atoms with Crippen LogP contribution in [0.5, 0.6) is 5.75 Å². The number of nitrogens with zero attached hydrogens (tertiary/aromatic N) is 1. The lowest BCUT2D eigenvalue weighted by Crippen LogP contribution is -2.01. The predicted molar refractivity (Wildman–Crippen MR) is 62.4 cm³/mol. The molecule has 2 aromatic rings. The fourth-order valence-corrected chi connectivity index (χ4v) is 1.98.